The molecule has 0 fully saturated rings. The normalized spacial score (nSPS) is 12.5. The summed E-state index contributed by atoms with van der Waals surface area (Å²) in [5.41, 5.74) is 0.719. The molecule has 202 valence electrons. The van der Waals surface area contributed by atoms with Crippen LogP contribution in [0.1, 0.15) is 11.1 Å². The van der Waals surface area contributed by atoms with Gasteiger partial charge in [0, 0.05) is 11.1 Å². The average molecular weight is 558 g/mol. The minimum atomic E-state index is -4.86. The molecule has 0 saturated carbocycles. The first kappa shape index (κ1) is 25.5. The summed E-state index contributed by atoms with van der Waals surface area (Å²) in [6.07, 6.45) is -9.72. The van der Waals surface area contributed by atoms with Crippen LogP contribution >= 0.6 is 0 Å². The van der Waals surface area contributed by atoms with Crippen LogP contribution in [0, 0.1) is 11.6 Å². The minimum Gasteiger partial charge on any atom is -0.338 e. The third kappa shape index (κ3) is 4.55. The molecule has 0 unspecified atom stereocenters. The molecule has 40 heavy (non-hydrogen) atoms. The number of hydrogen-bond donors (Lipinski definition) is 2. The van der Waals surface area contributed by atoms with Crippen molar-refractivity contribution >= 4 is 22.1 Å². The van der Waals surface area contributed by atoms with E-state index in [0.29, 0.717) is 45.3 Å². The molecule has 2 N–H and O–H groups in total. The summed E-state index contributed by atoms with van der Waals surface area (Å²) in [5.74, 6) is -2.51. The fourth-order valence-corrected chi connectivity index (χ4v) is 4.43. The molecule has 2 heterocycles. The predicted octanol–water partition coefficient (Wildman–Crippen LogP) is 8.76. The summed E-state index contributed by atoms with van der Waals surface area (Å²) in [5, 5.41) is 0. The van der Waals surface area contributed by atoms with Gasteiger partial charge in [0.25, 0.3) is 0 Å². The van der Waals surface area contributed by atoms with Crippen molar-refractivity contribution in [1.82, 2.24) is 19.9 Å². The van der Waals surface area contributed by atoms with Crippen LogP contribution in [-0.4, -0.2) is 19.9 Å². The zero-order chi connectivity index (χ0) is 28.4. The van der Waals surface area contributed by atoms with Gasteiger partial charge in [0.05, 0.1) is 33.2 Å². The Labute approximate surface area is 219 Å². The van der Waals surface area contributed by atoms with Crippen LogP contribution in [0.2, 0.25) is 0 Å². The lowest BCUT2D eigenvalue weighted by Crippen LogP contribution is -2.08. The number of halogens is 8. The van der Waals surface area contributed by atoms with E-state index in [2.05, 4.69) is 19.9 Å². The highest BCUT2D eigenvalue weighted by Gasteiger charge is 2.35. The lowest BCUT2D eigenvalue weighted by atomic mass is 10.0. The van der Waals surface area contributed by atoms with Gasteiger partial charge in [-0.25, -0.2) is 18.7 Å². The van der Waals surface area contributed by atoms with Gasteiger partial charge >= 0.3 is 12.4 Å². The number of aromatic amines is 2. The van der Waals surface area contributed by atoms with Crippen LogP contribution in [0.4, 0.5) is 35.1 Å². The number of imidazole rings is 2. The molecule has 4 aromatic carbocycles. The first-order valence-electron chi connectivity index (χ1n) is 11.6. The molecule has 0 atom stereocenters. The van der Waals surface area contributed by atoms with Gasteiger partial charge in [0.2, 0.25) is 0 Å². The van der Waals surface area contributed by atoms with Crippen molar-refractivity contribution in [2.45, 2.75) is 12.4 Å². The molecular formula is C28H14F8N4. The third-order valence-electron chi connectivity index (χ3n) is 6.39. The zero-order valence-electron chi connectivity index (χ0n) is 19.8. The second-order valence-electron chi connectivity index (χ2n) is 9.02. The van der Waals surface area contributed by atoms with Gasteiger partial charge in [-0.15, -0.1) is 0 Å². The van der Waals surface area contributed by atoms with Crippen LogP contribution in [0.5, 0.6) is 0 Å². The summed E-state index contributed by atoms with van der Waals surface area (Å²) in [6, 6.07) is 15.5. The van der Waals surface area contributed by atoms with Gasteiger partial charge in [-0.05, 0) is 71.8 Å². The number of alkyl halides is 6. The Morgan fingerprint density at radius 3 is 1.23 bits per heavy atom. The Hall–Kier alpha value is -4.74. The number of aromatic nitrogens is 4. The van der Waals surface area contributed by atoms with E-state index in [-0.39, 0.29) is 22.8 Å². The molecule has 0 aliphatic rings. The van der Waals surface area contributed by atoms with Crippen LogP contribution in [0.3, 0.4) is 0 Å². The Morgan fingerprint density at radius 2 is 0.850 bits per heavy atom. The number of nitrogens with zero attached hydrogens (tertiary/aromatic N) is 2. The van der Waals surface area contributed by atoms with Crippen molar-refractivity contribution in [2.75, 3.05) is 0 Å². The van der Waals surface area contributed by atoms with Crippen molar-refractivity contribution in [2.24, 2.45) is 0 Å². The number of H-pyrrole nitrogens is 2. The Morgan fingerprint density at radius 1 is 0.475 bits per heavy atom. The van der Waals surface area contributed by atoms with Gasteiger partial charge in [-0.3, -0.25) is 0 Å². The van der Waals surface area contributed by atoms with E-state index in [1.807, 2.05) is 0 Å². The van der Waals surface area contributed by atoms with E-state index >= 15 is 0 Å². The summed E-state index contributed by atoms with van der Waals surface area (Å²) in [4.78, 5) is 14.6. The summed E-state index contributed by atoms with van der Waals surface area (Å²) in [6.45, 7) is 0. The van der Waals surface area contributed by atoms with E-state index in [1.165, 1.54) is 12.1 Å². The largest absolute Gasteiger partial charge is 0.419 e. The highest BCUT2D eigenvalue weighted by atomic mass is 19.4. The van der Waals surface area contributed by atoms with Crippen LogP contribution in [0.15, 0.2) is 72.8 Å². The SMILES string of the molecule is Fc1ccc(-c2nc3ccc(-c4ccc5nc(-c6ccc(F)c(C(F)(F)F)c6)[nH]c5c4)cc3[nH]2)cc1C(F)(F)F. The molecular weight excluding hydrogens is 544 g/mol. The third-order valence-corrected chi connectivity index (χ3v) is 6.39. The maximum absolute atomic E-state index is 13.7. The molecule has 6 aromatic rings. The lowest BCUT2D eigenvalue weighted by Gasteiger charge is -2.08. The minimum absolute atomic E-state index is 0.0624. The van der Waals surface area contributed by atoms with Gasteiger partial charge in [-0.1, -0.05) is 12.1 Å². The zero-order valence-corrected chi connectivity index (χ0v) is 19.8. The molecule has 0 spiro atoms. The number of benzene rings is 4. The monoisotopic (exact) mass is 558 g/mol. The number of rotatable bonds is 3. The van der Waals surface area contributed by atoms with Crippen molar-refractivity contribution < 1.29 is 35.1 Å². The Bertz CT molecular complexity index is 1770. The van der Waals surface area contributed by atoms with E-state index in [9.17, 15) is 35.1 Å². The standard InChI is InChI=1S/C28H14F8N4/c29-19-5-1-15(9-17(19)27(31,32)33)25-37-21-7-3-13(11-23(21)39-25)14-4-8-22-24(12-14)40-26(38-22)16-2-6-20(30)18(10-16)28(34,35)36/h1-12H,(H,37,39)(H,38,40). The van der Waals surface area contributed by atoms with Crippen molar-refractivity contribution in [3.8, 4) is 33.9 Å². The maximum Gasteiger partial charge on any atom is 0.419 e. The van der Waals surface area contributed by atoms with Crippen LogP contribution < -0.4 is 0 Å². The first-order valence-corrected chi connectivity index (χ1v) is 11.6. The highest BCUT2D eigenvalue weighted by molar-refractivity contribution is 5.88. The summed E-state index contributed by atoms with van der Waals surface area (Å²) >= 11 is 0. The molecule has 0 radical (unpaired) electrons. The number of hydrogen-bond acceptors (Lipinski definition) is 2. The Kier molecular flexibility index (Phi) is 5.68. The Balaban J connectivity index is 1.35. The topological polar surface area (TPSA) is 57.4 Å². The summed E-state index contributed by atoms with van der Waals surface area (Å²) in [7, 11) is 0. The fraction of sp³-hybridized carbons (Fsp3) is 0.0714. The van der Waals surface area contributed by atoms with E-state index in [0.717, 1.165) is 12.1 Å². The van der Waals surface area contributed by atoms with Gasteiger partial charge < -0.3 is 9.97 Å². The van der Waals surface area contributed by atoms with Gasteiger partial charge in [-0.2, -0.15) is 26.3 Å². The van der Waals surface area contributed by atoms with E-state index in [1.54, 1.807) is 36.4 Å². The van der Waals surface area contributed by atoms with Gasteiger partial charge in [0.15, 0.2) is 0 Å². The molecule has 0 amide bonds. The number of nitrogens with one attached hydrogen (secondary N) is 2. The first-order chi connectivity index (χ1) is 18.9. The molecule has 6 rings (SSSR count). The maximum atomic E-state index is 13.7. The van der Waals surface area contributed by atoms with Crippen LogP contribution in [0.25, 0.3) is 56.0 Å². The van der Waals surface area contributed by atoms with Crippen LogP contribution in [-0.2, 0) is 12.4 Å². The molecule has 0 aliphatic heterocycles. The average Bonchev–Trinajstić information content (AvgIpc) is 3.51. The number of fused-ring (bicyclic) bond motifs is 2. The van der Waals surface area contributed by atoms with Crippen molar-refractivity contribution in [3.63, 3.8) is 0 Å². The van der Waals surface area contributed by atoms with Crippen molar-refractivity contribution in [1.29, 1.82) is 0 Å². The van der Waals surface area contributed by atoms with Crippen molar-refractivity contribution in [3.05, 3.63) is 95.6 Å². The second kappa shape index (κ2) is 8.90. The molecule has 4 nitrogen and oxygen atoms in total. The lowest BCUT2D eigenvalue weighted by molar-refractivity contribution is -0.140. The molecule has 0 bridgehead atoms. The molecule has 12 heteroatoms. The van der Waals surface area contributed by atoms with Gasteiger partial charge in [0.1, 0.15) is 23.3 Å². The van der Waals surface area contributed by atoms with E-state index in [4.69, 9.17) is 0 Å². The smallest absolute Gasteiger partial charge is 0.338 e. The fourth-order valence-electron chi connectivity index (χ4n) is 4.43. The molecule has 0 aliphatic carbocycles. The quantitative estimate of drug-likeness (QED) is 0.214. The van der Waals surface area contributed by atoms with E-state index < -0.39 is 35.1 Å². The predicted molar refractivity (Wildman–Crippen MR) is 132 cm³/mol. The molecule has 2 aromatic heterocycles. The summed E-state index contributed by atoms with van der Waals surface area (Å²) < 4.78 is 106. The molecule has 0 saturated heterocycles. The highest BCUT2D eigenvalue weighted by Crippen LogP contribution is 2.36. The second-order valence-corrected chi connectivity index (χ2v) is 9.02.